The second-order valence-corrected chi connectivity index (χ2v) is 7.90. The zero-order valence-corrected chi connectivity index (χ0v) is 16.3. The second kappa shape index (κ2) is 7.97. The molecular weight excluding hydrogens is 400 g/mol. The number of nitrogens with zero attached hydrogens (tertiary/aromatic N) is 2. The summed E-state index contributed by atoms with van der Waals surface area (Å²) >= 11 is 5.10. The zero-order valence-electron chi connectivity index (χ0n) is 13.9. The Morgan fingerprint density at radius 3 is 2.28 bits per heavy atom. The fraction of sp³-hybridized carbons (Fsp3) is 0.263. The van der Waals surface area contributed by atoms with Gasteiger partial charge in [0.15, 0.2) is 0 Å². The molecule has 2 aromatic rings. The quantitative estimate of drug-likeness (QED) is 0.709. The van der Waals surface area contributed by atoms with Crippen LogP contribution in [-0.4, -0.2) is 47.8 Å². The van der Waals surface area contributed by atoms with Gasteiger partial charge in [0.1, 0.15) is 0 Å². The van der Waals surface area contributed by atoms with Gasteiger partial charge >= 0.3 is 0 Å². The van der Waals surface area contributed by atoms with Crippen LogP contribution in [0.1, 0.15) is 11.8 Å². The number of amides is 2. The number of benzene rings is 1. The largest absolute Gasteiger partial charge is 0.339 e. The average molecular weight is 419 g/mol. The lowest BCUT2D eigenvalue weighted by Gasteiger charge is -2.33. The Kier molecular flexibility index (Phi) is 5.71. The van der Waals surface area contributed by atoms with Crippen molar-refractivity contribution in [2.24, 2.45) is 0 Å². The van der Waals surface area contributed by atoms with Gasteiger partial charge in [-0.3, -0.25) is 9.59 Å². The number of hydrogen-bond acceptors (Lipinski definition) is 3. The lowest BCUT2D eigenvalue weighted by atomic mass is 10.2. The Balaban J connectivity index is 1.60. The van der Waals surface area contributed by atoms with Gasteiger partial charge in [-0.05, 0) is 35.9 Å². The molecule has 1 aromatic carbocycles. The maximum atomic E-state index is 12.3. The first-order valence-corrected chi connectivity index (χ1v) is 9.72. The Bertz CT molecular complexity index is 790. The molecule has 0 bridgehead atoms. The molecule has 0 N–H and O–H groups in total. The van der Waals surface area contributed by atoms with Gasteiger partial charge < -0.3 is 9.80 Å². The van der Waals surface area contributed by atoms with Crippen LogP contribution < -0.4 is 0 Å². The topological polar surface area (TPSA) is 40.6 Å². The van der Waals surface area contributed by atoms with Gasteiger partial charge in [-0.2, -0.15) is 0 Å². The molecule has 0 radical (unpaired) electrons. The van der Waals surface area contributed by atoms with Crippen LogP contribution in [-0.2, 0) is 9.59 Å². The Morgan fingerprint density at radius 1 is 1.00 bits per heavy atom. The Hall–Kier alpha value is -1.92. The standard InChI is InChI=1S/C19H19BrN2O2S/c1-14(23)21-10-12-22(13-11-21)19(24)9-7-17-6-8-18(25-17)15-2-4-16(20)5-3-15/h2-9H,10-13H2,1H3/b9-7+. The number of piperazine rings is 1. The van der Waals surface area contributed by atoms with Gasteiger partial charge in [0.2, 0.25) is 11.8 Å². The van der Waals surface area contributed by atoms with Gasteiger partial charge in [-0.1, -0.05) is 28.1 Å². The van der Waals surface area contributed by atoms with Crippen LogP contribution in [0.15, 0.2) is 46.9 Å². The van der Waals surface area contributed by atoms with Crippen molar-refractivity contribution in [1.29, 1.82) is 0 Å². The first kappa shape index (κ1) is 17.9. The Morgan fingerprint density at radius 2 is 1.64 bits per heavy atom. The fourth-order valence-corrected chi connectivity index (χ4v) is 3.89. The van der Waals surface area contributed by atoms with Crippen molar-refractivity contribution in [3.63, 3.8) is 0 Å². The van der Waals surface area contributed by atoms with E-state index in [-0.39, 0.29) is 11.8 Å². The molecule has 2 heterocycles. The molecule has 3 rings (SSSR count). The zero-order chi connectivity index (χ0) is 17.8. The van der Waals surface area contributed by atoms with Crippen LogP contribution in [0.3, 0.4) is 0 Å². The van der Waals surface area contributed by atoms with Gasteiger partial charge in [0.05, 0.1) is 0 Å². The summed E-state index contributed by atoms with van der Waals surface area (Å²) in [5.41, 5.74) is 1.17. The predicted molar refractivity (Wildman–Crippen MR) is 105 cm³/mol. The molecule has 0 spiro atoms. The van der Waals surface area contributed by atoms with E-state index < -0.39 is 0 Å². The molecule has 0 saturated carbocycles. The summed E-state index contributed by atoms with van der Waals surface area (Å²) in [7, 11) is 0. The average Bonchev–Trinajstić information content (AvgIpc) is 3.09. The lowest BCUT2D eigenvalue weighted by molar-refractivity contribution is -0.135. The van der Waals surface area contributed by atoms with Crippen molar-refractivity contribution in [2.45, 2.75) is 6.92 Å². The first-order valence-electron chi connectivity index (χ1n) is 8.11. The van der Waals surface area contributed by atoms with E-state index in [1.165, 1.54) is 10.4 Å². The normalized spacial score (nSPS) is 15.0. The minimum Gasteiger partial charge on any atom is -0.339 e. The van der Waals surface area contributed by atoms with Crippen LogP contribution in [0.4, 0.5) is 0 Å². The van der Waals surface area contributed by atoms with Crippen molar-refractivity contribution < 1.29 is 9.59 Å². The minimum atomic E-state index is 0.00166. The molecule has 25 heavy (non-hydrogen) atoms. The Labute approximate surface area is 159 Å². The number of rotatable bonds is 3. The third-order valence-electron chi connectivity index (χ3n) is 4.18. The van der Waals surface area contributed by atoms with Gasteiger partial charge in [0, 0.05) is 53.4 Å². The molecule has 1 saturated heterocycles. The molecule has 1 aliphatic heterocycles. The molecule has 2 amide bonds. The SMILES string of the molecule is CC(=O)N1CCN(C(=O)/C=C/c2ccc(-c3ccc(Br)cc3)s2)CC1. The van der Waals surface area contributed by atoms with E-state index in [1.807, 2.05) is 24.3 Å². The summed E-state index contributed by atoms with van der Waals surface area (Å²) in [5.74, 6) is 0.0727. The van der Waals surface area contributed by atoms with E-state index in [0.29, 0.717) is 26.2 Å². The number of thiophene rings is 1. The highest BCUT2D eigenvalue weighted by Crippen LogP contribution is 2.29. The van der Waals surface area contributed by atoms with E-state index in [0.717, 1.165) is 9.35 Å². The van der Waals surface area contributed by atoms with Crippen molar-refractivity contribution in [3.8, 4) is 10.4 Å². The molecule has 0 aliphatic carbocycles. The molecule has 6 heteroatoms. The summed E-state index contributed by atoms with van der Waals surface area (Å²) < 4.78 is 1.06. The third kappa shape index (κ3) is 4.58. The van der Waals surface area contributed by atoms with Crippen molar-refractivity contribution in [1.82, 2.24) is 9.80 Å². The second-order valence-electron chi connectivity index (χ2n) is 5.87. The van der Waals surface area contributed by atoms with Gasteiger partial charge in [-0.15, -0.1) is 11.3 Å². The molecule has 1 aliphatic rings. The summed E-state index contributed by atoms with van der Waals surface area (Å²) in [6, 6.07) is 12.3. The maximum absolute atomic E-state index is 12.3. The van der Waals surface area contributed by atoms with Gasteiger partial charge in [0.25, 0.3) is 0 Å². The predicted octanol–water partition coefficient (Wildman–Crippen LogP) is 3.88. The van der Waals surface area contributed by atoms with Crippen LogP contribution >= 0.6 is 27.3 Å². The fourth-order valence-electron chi connectivity index (χ4n) is 2.71. The van der Waals surface area contributed by atoms with Gasteiger partial charge in [-0.25, -0.2) is 0 Å². The molecule has 0 atom stereocenters. The number of carbonyl (C=O) groups is 2. The van der Waals surface area contributed by atoms with Crippen LogP contribution in [0.25, 0.3) is 16.5 Å². The maximum Gasteiger partial charge on any atom is 0.246 e. The highest BCUT2D eigenvalue weighted by atomic mass is 79.9. The van der Waals surface area contributed by atoms with Crippen molar-refractivity contribution in [2.75, 3.05) is 26.2 Å². The summed E-state index contributed by atoms with van der Waals surface area (Å²) in [5, 5.41) is 0. The summed E-state index contributed by atoms with van der Waals surface area (Å²) in [6.07, 6.45) is 3.49. The number of carbonyl (C=O) groups excluding carboxylic acids is 2. The molecule has 0 unspecified atom stereocenters. The van der Waals surface area contributed by atoms with E-state index in [1.54, 1.807) is 34.1 Å². The highest BCUT2D eigenvalue weighted by molar-refractivity contribution is 9.10. The monoisotopic (exact) mass is 418 g/mol. The first-order chi connectivity index (χ1) is 12.0. The number of halogens is 1. The number of hydrogen-bond donors (Lipinski definition) is 0. The van der Waals surface area contributed by atoms with Crippen molar-refractivity contribution >= 4 is 45.2 Å². The van der Waals surface area contributed by atoms with E-state index in [2.05, 4.69) is 34.1 Å². The minimum absolute atomic E-state index is 0.00166. The van der Waals surface area contributed by atoms with E-state index in [4.69, 9.17) is 0 Å². The molecule has 130 valence electrons. The summed E-state index contributed by atoms with van der Waals surface area (Å²) in [4.78, 5) is 29.4. The lowest BCUT2D eigenvalue weighted by Crippen LogP contribution is -2.49. The smallest absolute Gasteiger partial charge is 0.246 e. The van der Waals surface area contributed by atoms with Crippen LogP contribution in [0.2, 0.25) is 0 Å². The molecule has 1 aromatic heterocycles. The van der Waals surface area contributed by atoms with Crippen LogP contribution in [0.5, 0.6) is 0 Å². The summed E-state index contributed by atoms with van der Waals surface area (Å²) in [6.45, 7) is 3.98. The van der Waals surface area contributed by atoms with Crippen molar-refractivity contribution in [3.05, 3.63) is 51.8 Å². The molecule has 1 fully saturated rings. The third-order valence-corrected chi connectivity index (χ3v) is 5.81. The molecular formula is C19H19BrN2O2S. The van der Waals surface area contributed by atoms with E-state index >= 15 is 0 Å². The highest BCUT2D eigenvalue weighted by Gasteiger charge is 2.20. The molecule has 4 nitrogen and oxygen atoms in total. The van der Waals surface area contributed by atoms with E-state index in [9.17, 15) is 9.59 Å². The van der Waals surface area contributed by atoms with Crippen LogP contribution in [0, 0.1) is 0 Å².